The smallest absolute Gasteiger partial charge is 0.252 e. The lowest BCUT2D eigenvalue weighted by Gasteiger charge is -2.17. The lowest BCUT2D eigenvalue weighted by molar-refractivity contribution is 0.0892. The van der Waals surface area contributed by atoms with Gasteiger partial charge in [-0.05, 0) is 17.7 Å². The van der Waals surface area contributed by atoms with E-state index < -0.39 is 5.37 Å². The summed E-state index contributed by atoms with van der Waals surface area (Å²) in [6, 6.07) is 27.9. The molecule has 1 amide bonds. The first-order valence-electron chi connectivity index (χ1n) is 8.35. The van der Waals surface area contributed by atoms with E-state index in [1.54, 1.807) is 36.4 Å². The second-order valence-corrected chi connectivity index (χ2v) is 6.84. The van der Waals surface area contributed by atoms with Crippen LogP contribution in [-0.4, -0.2) is 17.1 Å². The monoisotopic (exact) mass is 361 g/mol. The normalized spacial score (nSPS) is 11.5. The lowest BCUT2D eigenvalue weighted by Crippen LogP contribution is -2.38. The Kier molecular flexibility index (Phi) is 6.23. The van der Waals surface area contributed by atoms with Crippen molar-refractivity contribution in [3.8, 4) is 0 Å². The highest BCUT2D eigenvalue weighted by atomic mass is 32.2. The fourth-order valence-electron chi connectivity index (χ4n) is 2.48. The Hall–Kier alpha value is -2.85. The second kappa shape index (κ2) is 9.02. The summed E-state index contributed by atoms with van der Waals surface area (Å²) in [5.41, 5.74) is 2.24. The molecule has 26 heavy (non-hydrogen) atoms. The quantitative estimate of drug-likeness (QED) is 0.496. The standard InChI is InChI=1S/C22H19NO2S/c24-20(18-12-6-2-7-13-18)22(26-16-17-10-4-1-5-11-17)23-21(25)19-14-8-3-9-15-19/h1-15,22H,16H2,(H,23,25)/t22-/m0/s1. The molecule has 0 aliphatic rings. The number of thioether (sulfide) groups is 1. The Morgan fingerprint density at radius 3 is 1.81 bits per heavy atom. The van der Waals surface area contributed by atoms with Crippen LogP contribution in [0.3, 0.4) is 0 Å². The van der Waals surface area contributed by atoms with Gasteiger partial charge in [0, 0.05) is 16.9 Å². The Bertz CT molecular complexity index is 851. The molecule has 1 atom stereocenters. The molecule has 3 nitrogen and oxygen atoms in total. The molecular formula is C22H19NO2S. The van der Waals surface area contributed by atoms with Crippen LogP contribution < -0.4 is 5.32 Å². The predicted molar refractivity (Wildman–Crippen MR) is 106 cm³/mol. The molecule has 0 bridgehead atoms. The van der Waals surface area contributed by atoms with Crippen LogP contribution in [0.4, 0.5) is 0 Å². The highest BCUT2D eigenvalue weighted by Gasteiger charge is 2.23. The van der Waals surface area contributed by atoms with E-state index in [-0.39, 0.29) is 11.7 Å². The number of amides is 1. The van der Waals surface area contributed by atoms with Crippen molar-refractivity contribution in [2.75, 3.05) is 0 Å². The number of hydrogen-bond donors (Lipinski definition) is 1. The van der Waals surface area contributed by atoms with E-state index in [1.807, 2.05) is 54.6 Å². The van der Waals surface area contributed by atoms with E-state index >= 15 is 0 Å². The van der Waals surface area contributed by atoms with Crippen LogP contribution in [0, 0.1) is 0 Å². The molecule has 3 aromatic carbocycles. The third kappa shape index (κ3) is 4.83. The Morgan fingerprint density at radius 2 is 1.23 bits per heavy atom. The van der Waals surface area contributed by atoms with Crippen molar-refractivity contribution in [2.24, 2.45) is 0 Å². The van der Waals surface area contributed by atoms with Crippen molar-refractivity contribution in [1.82, 2.24) is 5.32 Å². The van der Waals surface area contributed by atoms with Crippen LogP contribution in [0.5, 0.6) is 0 Å². The van der Waals surface area contributed by atoms with Gasteiger partial charge in [0.05, 0.1) is 0 Å². The summed E-state index contributed by atoms with van der Waals surface area (Å²) in [4.78, 5) is 25.4. The van der Waals surface area contributed by atoms with Gasteiger partial charge in [0.15, 0.2) is 5.78 Å². The zero-order valence-corrected chi connectivity index (χ0v) is 15.0. The van der Waals surface area contributed by atoms with Gasteiger partial charge in [-0.25, -0.2) is 0 Å². The maximum absolute atomic E-state index is 12.9. The van der Waals surface area contributed by atoms with Crippen molar-refractivity contribution >= 4 is 23.5 Å². The van der Waals surface area contributed by atoms with E-state index in [1.165, 1.54) is 11.8 Å². The van der Waals surface area contributed by atoms with E-state index in [2.05, 4.69) is 5.32 Å². The number of carbonyl (C=O) groups is 2. The SMILES string of the molecule is O=C(N[C@@H](SCc1ccccc1)C(=O)c1ccccc1)c1ccccc1. The molecule has 0 saturated heterocycles. The molecular weight excluding hydrogens is 342 g/mol. The molecule has 130 valence electrons. The maximum atomic E-state index is 12.9. The fourth-order valence-corrected chi connectivity index (χ4v) is 3.51. The van der Waals surface area contributed by atoms with Crippen LogP contribution in [0.15, 0.2) is 91.0 Å². The third-order valence-electron chi connectivity index (χ3n) is 3.85. The first-order chi connectivity index (χ1) is 12.7. The molecule has 3 aromatic rings. The number of ketones is 1. The molecule has 0 heterocycles. The maximum Gasteiger partial charge on any atom is 0.252 e. The minimum atomic E-state index is -0.648. The van der Waals surface area contributed by atoms with E-state index in [4.69, 9.17) is 0 Å². The molecule has 0 aromatic heterocycles. The van der Waals surface area contributed by atoms with E-state index in [0.717, 1.165) is 5.56 Å². The molecule has 0 aliphatic heterocycles. The summed E-state index contributed by atoms with van der Waals surface area (Å²) >= 11 is 1.42. The molecule has 0 saturated carbocycles. The van der Waals surface area contributed by atoms with Crippen molar-refractivity contribution in [2.45, 2.75) is 11.1 Å². The molecule has 0 unspecified atom stereocenters. The van der Waals surface area contributed by atoms with Gasteiger partial charge in [-0.3, -0.25) is 9.59 Å². The van der Waals surface area contributed by atoms with Gasteiger partial charge in [-0.2, -0.15) is 0 Å². The van der Waals surface area contributed by atoms with Crippen molar-refractivity contribution < 1.29 is 9.59 Å². The number of benzene rings is 3. The van der Waals surface area contributed by atoms with Crippen molar-refractivity contribution in [1.29, 1.82) is 0 Å². The fraction of sp³-hybridized carbons (Fsp3) is 0.0909. The number of carbonyl (C=O) groups excluding carboxylic acids is 2. The summed E-state index contributed by atoms with van der Waals surface area (Å²) in [5.74, 6) is 0.287. The second-order valence-electron chi connectivity index (χ2n) is 5.75. The zero-order chi connectivity index (χ0) is 18.2. The summed E-state index contributed by atoms with van der Waals surface area (Å²) in [7, 11) is 0. The van der Waals surface area contributed by atoms with Gasteiger partial charge in [-0.15, -0.1) is 11.8 Å². The minimum Gasteiger partial charge on any atom is -0.333 e. The topological polar surface area (TPSA) is 46.2 Å². The Labute approximate surface area is 157 Å². The van der Waals surface area contributed by atoms with Crippen LogP contribution in [0.1, 0.15) is 26.3 Å². The Balaban J connectivity index is 1.76. The van der Waals surface area contributed by atoms with Crippen molar-refractivity contribution in [3.05, 3.63) is 108 Å². The number of hydrogen-bond acceptors (Lipinski definition) is 3. The first-order valence-corrected chi connectivity index (χ1v) is 9.39. The highest BCUT2D eigenvalue weighted by molar-refractivity contribution is 7.99. The van der Waals surface area contributed by atoms with E-state index in [0.29, 0.717) is 16.9 Å². The summed E-state index contributed by atoms with van der Waals surface area (Å²) in [6.45, 7) is 0. The summed E-state index contributed by atoms with van der Waals surface area (Å²) in [5, 5.41) is 2.23. The molecule has 0 fully saturated rings. The summed E-state index contributed by atoms with van der Waals surface area (Å²) < 4.78 is 0. The van der Waals surface area contributed by atoms with Gasteiger partial charge in [0.25, 0.3) is 5.91 Å². The average molecular weight is 361 g/mol. The summed E-state index contributed by atoms with van der Waals surface area (Å²) in [6.07, 6.45) is 0. The number of rotatable bonds is 7. The minimum absolute atomic E-state index is 0.101. The molecule has 0 spiro atoms. The van der Waals surface area contributed by atoms with Gasteiger partial charge in [-0.1, -0.05) is 78.9 Å². The van der Waals surface area contributed by atoms with Crippen LogP contribution in [-0.2, 0) is 5.75 Å². The zero-order valence-electron chi connectivity index (χ0n) is 14.2. The van der Waals surface area contributed by atoms with Gasteiger partial charge >= 0.3 is 0 Å². The molecule has 1 N–H and O–H groups in total. The van der Waals surface area contributed by atoms with E-state index in [9.17, 15) is 9.59 Å². The van der Waals surface area contributed by atoms with Gasteiger partial charge in [0.2, 0.25) is 0 Å². The van der Waals surface area contributed by atoms with Crippen LogP contribution in [0.25, 0.3) is 0 Å². The molecule has 0 aliphatic carbocycles. The van der Waals surface area contributed by atoms with Gasteiger partial charge < -0.3 is 5.32 Å². The number of nitrogens with one attached hydrogen (secondary N) is 1. The largest absolute Gasteiger partial charge is 0.333 e. The Morgan fingerprint density at radius 1 is 0.731 bits per heavy atom. The number of Topliss-reactive ketones (excluding diaryl/α,β-unsaturated/α-hetero) is 1. The highest BCUT2D eigenvalue weighted by Crippen LogP contribution is 2.20. The van der Waals surface area contributed by atoms with Crippen LogP contribution >= 0.6 is 11.8 Å². The van der Waals surface area contributed by atoms with Gasteiger partial charge in [0.1, 0.15) is 5.37 Å². The molecule has 3 rings (SSSR count). The molecule has 0 radical (unpaired) electrons. The van der Waals surface area contributed by atoms with Crippen LogP contribution in [0.2, 0.25) is 0 Å². The lowest BCUT2D eigenvalue weighted by atomic mass is 10.1. The third-order valence-corrected chi connectivity index (χ3v) is 5.02. The first kappa shape index (κ1) is 18.0. The predicted octanol–water partition coefficient (Wildman–Crippen LogP) is 4.56. The average Bonchev–Trinajstić information content (AvgIpc) is 2.72. The molecule has 4 heteroatoms. The van der Waals surface area contributed by atoms with Crippen molar-refractivity contribution in [3.63, 3.8) is 0 Å².